The molecule has 3 nitrogen and oxygen atoms in total. The van der Waals surface area contributed by atoms with Gasteiger partial charge in [0.1, 0.15) is 0 Å². The molecular formula is C15H15BrN2OS. The molecule has 1 amide bonds. The number of carbonyl (C=O) groups is 1. The zero-order chi connectivity index (χ0) is 13.9. The highest BCUT2D eigenvalue weighted by atomic mass is 79.9. The van der Waals surface area contributed by atoms with E-state index in [1.807, 2.05) is 23.6 Å². The van der Waals surface area contributed by atoms with Crippen molar-refractivity contribution in [2.24, 2.45) is 0 Å². The molecule has 1 aromatic heterocycles. The van der Waals surface area contributed by atoms with E-state index >= 15 is 0 Å². The van der Waals surface area contributed by atoms with Gasteiger partial charge in [0, 0.05) is 26.8 Å². The third kappa shape index (κ3) is 3.11. The first-order chi connectivity index (χ1) is 9.72. The van der Waals surface area contributed by atoms with Gasteiger partial charge in [-0.05, 0) is 58.2 Å². The van der Waals surface area contributed by atoms with Gasteiger partial charge < -0.3 is 10.6 Å². The van der Waals surface area contributed by atoms with E-state index in [9.17, 15) is 4.79 Å². The first kappa shape index (κ1) is 13.8. The van der Waals surface area contributed by atoms with E-state index < -0.39 is 0 Å². The standard InChI is InChI=1S/C15H15BrN2OS/c16-13-6-14(20-9-13)8-18-15(19)11-2-1-10-3-4-17-7-12(10)5-11/h1-2,5-6,9,17H,3-4,7-8H2,(H,18,19). The van der Waals surface area contributed by atoms with E-state index in [0.717, 1.165) is 34.4 Å². The maximum Gasteiger partial charge on any atom is 0.251 e. The Morgan fingerprint density at radius 2 is 2.25 bits per heavy atom. The fraction of sp³-hybridized carbons (Fsp3) is 0.267. The number of hydrogen-bond acceptors (Lipinski definition) is 3. The smallest absolute Gasteiger partial charge is 0.251 e. The van der Waals surface area contributed by atoms with E-state index in [1.165, 1.54) is 11.1 Å². The Kier molecular flexibility index (Phi) is 4.19. The molecular weight excluding hydrogens is 336 g/mol. The minimum atomic E-state index is -0.0112. The quantitative estimate of drug-likeness (QED) is 0.892. The number of amides is 1. The Hall–Kier alpha value is -1.17. The summed E-state index contributed by atoms with van der Waals surface area (Å²) in [7, 11) is 0. The maximum atomic E-state index is 12.2. The molecule has 3 rings (SSSR count). The molecule has 0 radical (unpaired) electrons. The van der Waals surface area contributed by atoms with Crippen molar-refractivity contribution in [3.05, 3.63) is 55.7 Å². The molecule has 1 aliphatic heterocycles. The molecule has 2 N–H and O–H groups in total. The third-order valence-corrected chi connectivity index (χ3v) is 5.10. The summed E-state index contributed by atoms with van der Waals surface area (Å²) in [4.78, 5) is 13.3. The average molecular weight is 351 g/mol. The summed E-state index contributed by atoms with van der Waals surface area (Å²) in [6.07, 6.45) is 1.04. The lowest BCUT2D eigenvalue weighted by Crippen LogP contribution is -2.26. The molecule has 0 spiro atoms. The second kappa shape index (κ2) is 6.08. The molecule has 0 fully saturated rings. The first-order valence-corrected chi connectivity index (χ1v) is 8.23. The molecule has 0 bridgehead atoms. The fourth-order valence-electron chi connectivity index (χ4n) is 2.34. The van der Waals surface area contributed by atoms with Crippen LogP contribution in [0.5, 0.6) is 0 Å². The van der Waals surface area contributed by atoms with Crippen molar-refractivity contribution < 1.29 is 4.79 Å². The van der Waals surface area contributed by atoms with Gasteiger partial charge in [0.2, 0.25) is 0 Å². The lowest BCUT2D eigenvalue weighted by atomic mass is 9.98. The Bertz CT molecular complexity index is 639. The second-order valence-electron chi connectivity index (χ2n) is 4.82. The van der Waals surface area contributed by atoms with E-state index in [0.29, 0.717) is 6.54 Å². The zero-order valence-corrected chi connectivity index (χ0v) is 13.3. The summed E-state index contributed by atoms with van der Waals surface area (Å²) < 4.78 is 1.06. The number of nitrogens with one attached hydrogen (secondary N) is 2. The second-order valence-corrected chi connectivity index (χ2v) is 6.74. The summed E-state index contributed by atoms with van der Waals surface area (Å²) in [6.45, 7) is 2.45. The van der Waals surface area contributed by atoms with Crippen LogP contribution in [0.15, 0.2) is 34.1 Å². The normalized spacial score (nSPS) is 13.8. The van der Waals surface area contributed by atoms with Crippen LogP contribution >= 0.6 is 27.3 Å². The van der Waals surface area contributed by atoms with Crippen molar-refractivity contribution in [3.63, 3.8) is 0 Å². The zero-order valence-electron chi connectivity index (χ0n) is 10.9. The van der Waals surface area contributed by atoms with E-state index in [2.05, 4.69) is 32.6 Å². The van der Waals surface area contributed by atoms with E-state index in [1.54, 1.807) is 11.3 Å². The van der Waals surface area contributed by atoms with Gasteiger partial charge in [0.25, 0.3) is 5.91 Å². The van der Waals surface area contributed by atoms with Gasteiger partial charge in [-0.2, -0.15) is 0 Å². The number of thiophene rings is 1. The van der Waals surface area contributed by atoms with Gasteiger partial charge in [-0.25, -0.2) is 0 Å². The molecule has 0 unspecified atom stereocenters. The predicted molar refractivity (Wildman–Crippen MR) is 85.0 cm³/mol. The van der Waals surface area contributed by atoms with Gasteiger partial charge in [0.15, 0.2) is 0 Å². The molecule has 0 saturated carbocycles. The van der Waals surface area contributed by atoms with Gasteiger partial charge in [-0.15, -0.1) is 11.3 Å². The summed E-state index contributed by atoms with van der Waals surface area (Å²) in [5, 5.41) is 8.32. The van der Waals surface area contributed by atoms with Crippen LogP contribution in [0.1, 0.15) is 26.4 Å². The minimum absolute atomic E-state index is 0.0112. The minimum Gasteiger partial charge on any atom is -0.347 e. The highest BCUT2D eigenvalue weighted by Crippen LogP contribution is 2.20. The third-order valence-electron chi connectivity index (χ3n) is 3.40. The SMILES string of the molecule is O=C(NCc1cc(Br)cs1)c1ccc2c(c1)CNCC2. The van der Waals surface area contributed by atoms with Crippen LogP contribution in [-0.2, 0) is 19.5 Å². The molecule has 0 atom stereocenters. The van der Waals surface area contributed by atoms with Crippen molar-refractivity contribution in [2.45, 2.75) is 19.5 Å². The molecule has 0 saturated heterocycles. The Morgan fingerprint density at radius 1 is 1.35 bits per heavy atom. The number of benzene rings is 1. The van der Waals surface area contributed by atoms with Crippen LogP contribution in [0.2, 0.25) is 0 Å². The van der Waals surface area contributed by atoms with Crippen molar-refractivity contribution in [3.8, 4) is 0 Å². The van der Waals surface area contributed by atoms with Crippen LogP contribution < -0.4 is 10.6 Å². The van der Waals surface area contributed by atoms with Crippen molar-refractivity contribution in [1.82, 2.24) is 10.6 Å². The Balaban J connectivity index is 1.67. The van der Waals surface area contributed by atoms with E-state index in [-0.39, 0.29) is 5.91 Å². The maximum absolute atomic E-state index is 12.2. The molecule has 2 aromatic rings. The molecule has 1 aromatic carbocycles. The lowest BCUT2D eigenvalue weighted by Gasteiger charge is -2.17. The van der Waals surface area contributed by atoms with Crippen LogP contribution in [0.4, 0.5) is 0 Å². The number of carbonyl (C=O) groups excluding carboxylic acids is 1. The fourth-order valence-corrected chi connectivity index (χ4v) is 3.73. The molecule has 104 valence electrons. The lowest BCUT2D eigenvalue weighted by molar-refractivity contribution is 0.0951. The molecule has 0 aliphatic carbocycles. The van der Waals surface area contributed by atoms with Crippen molar-refractivity contribution in [2.75, 3.05) is 6.54 Å². The molecule has 1 aliphatic rings. The van der Waals surface area contributed by atoms with Crippen LogP contribution in [0.3, 0.4) is 0 Å². The number of fused-ring (bicyclic) bond motifs is 1. The molecule has 5 heteroatoms. The van der Waals surface area contributed by atoms with Gasteiger partial charge in [0.05, 0.1) is 6.54 Å². The highest BCUT2D eigenvalue weighted by Gasteiger charge is 2.12. The van der Waals surface area contributed by atoms with Gasteiger partial charge in [-0.3, -0.25) is 4.79 Å². The summed E-state index contributed by atoms with van der Waals surface area (Å²) in [5.74, 6) is -0.0112. The molecule has 2 heterocycles. The van der Waals surface area contributed by atoms with Crippen LogP contribution in [0, 0.1) is 0 Å². The first-order valence-electron chi connectivity index (χ1n) is 6.56. The number of halogens is 1. The predicted octanol–water partition coefficient (Wildman–Crippen LogP) is 3.09. The highest BCUT2D eigenvalue weighted by molar-refractivity contribution is 9.10. The largest absolute Gasteiger partial charge is 0.347 e. The van der Waals surface area contributed by atoms with Crippen molar-refractivity contribution >= 4 is 33.2 Å². The summed E-state index contributed by atoms with van der Waals surface area (Å²) in [5.41, 5.74) is 3.33. The van der Waals surface area contributed by atoms with Crippen molar-refractivity contribution in [1.29, 1.82) is 0 Å². The van der Waals surface area contributed by atoms with Crippen LogP contribution in [0.25, 0.3) is 0 Å². The summed E-state index contributed by atoms with van der Waals surface area (Å²) in [6, 6.07) is 8.03. The average Bonchev–Trinajstić information content (AvgIpc) is 2.90. The Morgan fingerprint density at radius 3 is 3.05 bits per heavy atom. The van der Waals surface area contributed by atoms with Gasteiger partial charge >= 0.3 is 0 Å². The van der Waals surface area contributed by atoms with E-state index in [4.69, 9.17) is 0 Å². The Labute approximate surface area is 130 Å². The molecule has 20 heavy (non-hydrogen) atoms. The van der Waals surface area contributed by atoms with Crippen LogP contribution in [-0.4, -0.2) is 12.5 Å². The van der Waals surface area contributed by atoms with Gasteiger partial charge in [-0.1, -0.05) is 6.07 Å². The monoisotopic (exact) mass is 350 g/mol. The number of rotatable bonds is 3. The summed E-state index contributed by atoms with van der Waals surface area (Å²) >= 11 is 5.05. The number of hydrogen-bond donors (Lipinski definition) is 2. The topological polar surface area (TPSA) is 41.1 Å².